The summed E-state index contributed by atoms with van der Waals surface area (Å²) in [5.74, 6) is -2.49. The number of halogens is 2. The van der Waals surface area contributed by atoms with Gasteiger partial charge in [-0.2, -0.15) is 0 Å². The predicted molar refractivity (Wildman–Crippen MR) is 81.0 cm³/mol. The van der Waals surface area contributed by atoms with Crippen LogP contribution in [0.4, 0.5) is 10.1 Å². The van der Waals surface area contributed by atoms with Gasteiger partial charge in [-0.3, -0.25) is 14.6 Å². The van der Waals surface area contributed by atoms with Crippen molar-refractivity contribution in [3.05, 3.63) is 59.1 Å². The molecule has 1 heterocycles. The first-order valence-electron chi connectivity index (χ1n) is 6.50. The van der Waals surface area contributed by atoms with Gasteiger partial charge in [-0.25, -0.2) is 4.39 Å². The molecule has 2 amide bonds. The molecule has 0 atom stereocenters. The van der Waals surface area contributed by atoms with Crippen molar-refractivity contribution in [2.75, 3.05) is 11.9 Å². The van der Waals surface area contributed by atoms with Gasteiger partial charge >= 0.3 is 11.8 Å². The Labute approximate surface area is 131 Å². The van der Waals surface area contributed by atoms with Crippen molar-refractivity contribution in [3.8, 4) is 0 Å². The van der Waals surface area contributed by atoms with Crippen molar-refractivity contribution in [1.29, 1.82) is 0 Å². The molecule has 1 aromatic carbocycles. The van der Waals surface area contributed by atoms with Crippen LogP contribution in [0, 0.1) is 5.82 Å². The van der Waals surface area contributed by atoms with E-state index in [2.05, 4.69) is 15.6 Å². The van der Waals surface area contributed by atoms with E-state index in [1.807, 2.05) is 12.1 Å². The van der Waals surface area contributed by atoms with Gasteiger partial charge in [0.1, 0.15) is 5.82 Å². The van der Waals surface area contributed by atoms with E-state index in [4.69, 9.17) is 11.6 Å². The summed E-state index contributed by atoms with van der Waals surface area (Å²) >= 11 is 5.60. The minimum atomic E-state index is -0.942. The Balaban J connectivity index is 1.83. The molecule has 0 spiro atoms. The van der Waals surface area contributed by atoms with Gasteiger partial charge in [0, 0.05) is 29.9 Å². The molecule has 0 aliphatic carbocycles. The van der Waals surface area contributed by atoms with Crippen LogP contribution in [0.1, 0.15) is 5.69 Å². The Bertz CT molecular complexity index is 680. The number of rotatable bonds is 4. The number of carbonyl (C=O) groups is 2. The van der Waals surface area contributed by atoms with Crippen LogP contribution in [-0.2, 0) is 16.0 Å². The van der Waals surface area contributed by atoms with Crippen molar-refractivity contribution < 1.29 is 14.0 Å². The van der Waals surface area contributed by atoms with Gasteiger partial charge < -0.3 is 10.6 Å². The number of amides is 2. The Morgan fingerprint density at radius 2 is 2.00 bits per heavy atom. The minimum absolute atomic E-state index is 0.103. The second-order valence-electron chi connectivity index (χ2n) is 4.41. The Morgan fingerprint density at radius 1 is 1.18 bits per heavy atom. The van der Waals surface area contributed by atoms with E-state index in [-0.39, 0.29) is 17.3 Å². The molecule has 0 unspecified atom stereocenters. The highest BCUT2D eigenvalue weighted by molar-refractivity contribution is 6.39. The minimum Gasteiger partial charge on any atom is -0.347 e. The lowest BCUT2D eigenvalue weighted by atomic mass is 10.2. The van der Waals surface area contributed by atoms with Crippen LogP contribution in [0.2, 0.25) is 5.02 Å². The molecule has 2 rings (SSSR count). The van der Waals surface area contributed by atoms with Crippen molar-refractivity contribution >= 4 is 29.1 Å². The lowest BCUT2D eigenvalue weighted by molar-refractivity contribution is -0.136. The zero-order chi connectivity index (χ0) is 15.9. The van der Waals surface area contributed by atoms with Gasteiger partial charge in [0.2, 0.25) is 0 Å². The molecule has 5 nitrogen and oxygen atoms in total. The van der Waals surface area contributed by atoms with E-state index in [1.165, 1.54) is 12.1 Å². The third-order valence-electron chi connectivity index (χ3n) is 2.78. The van der Waals surface area contributed by atoms with E-state index in [0.29, 0.717) is 6.42 Å². The van der Waals surface area contributed by atoms with Gasteiger partial charge in [-0.05, 0) is 30.3 Å². The normalized spacial score (nSPS) is 10.1. The van der Waals surface area contributed by atoms with Crippen LogP contribution in [0.25, 0.3) is 0 Å². The first kappa shape index (κ1) is 15.9. The summed E-state index contributed by atoms with van der Waals surface area (Å²) in [5, 5.41) is 4.83. The van der Waals surface area contributed by atoms with Crippen molar-refractivity contribution in [1.82, 2.24) is 10.3 Å². The number of nitrogens with one attached hydrogen (secondary N) is 2. The molecule has 0 bridgehead atoms. The highest BCUT2D eigenvalue weighted by Gasteiger charge is 2.15. The smallest absolute Gasteiger partial charge is 0.313 e. The number of hydrogen-bond donors (Lipinski definition) is 2. The molecule has 0 aliphatic heterocycles. The molecule has 7 heteroatoms. The first-order valence-corrected chi connectivity index (χ1v) is 6.88. The number of benzene rings is 1. The molecule has 22 heavy (non-hydrogen) atoms. The van der Waals surface area contributed by atoms with Crippen molar-refractivity contribution in [2.45, 2.75) is 6.42 Å². The second kappa shape index (κ2) is 7.51. The van der Waals surface area contributed by atoms with Gasteiger partial charge in [0.05, 0.1) is 5.69 Å². The van der Waals surface area contributed by atoms with E-state index in [9.17, 15) is 14.0 Å². The molecule has 0 saturated carbocycles. The summed E-state index contributed by atoms with van der Waals surface area (Å²) in [6, 6.07) is 9.19. The van der Waals surface area contributed by atoms with Crippen molar-refractivity contribution in [3.63, 3.8) is 0 Å². The standard InChI is InChI=1S/C15H13ClFN3O2/c16-10-4-5-13(12(17)9-10)20-15(22)14(21)19-8-6-11-3-1-2-7-18-11/h1-5,7,9H,6,8H2,(H,19,21)(H,20,22). The molecule has 2 aromatic rings. The summed E-state index contributed by atoms with van der Waals surface area (Å²) in [5.41, 5.74) is 0.696. The monoisotopic (exact) mass is 321 g/mol. The Morgan fingerprint density at radius 3 is 2.68 bits per heavy atom. The highest BCUT2D eigenvalue weighted by Crippen LogP contribution is 2.18. The maximum Gasteiger partial charge on any atom is 0.313 e. The molecular weight excluding hydrogens is 309 g/mol. The zero-order valence-corrected chi connectivity index (χ0v) is 12.2. The Kier molecular flexibility index (Phi) is 5.43. The maximum absolute atomic E-state index is 13.5. The molecule has 0 saturated heterocycles. The summed E-state index contributed by atoms with van der Waals surface area (Å²) in [7, 11) is 0. The number of aromatic nitrogens is 1. The van der Waals surface area contributed by atoms with E-state index < -0.39 is 17.6 Å². The third kappa shape index (κ3) is 4.53. The highest BCUT2D eigenvalue weighted by atomic mass is 35.5. The summed E-state index contributed by atoms with van der Waals surface area (Å²) in [6.45, 7) is 0.256. The van der Waals surface area contributed by atoms with Crippen molar-refractivity contribution in [2.24, 2.45) is 0 Å². The van der Waals surface area contributed by atoms with E-state index in [1.54, 1.807) is 12.3 Å². The topological polar surface area (TPSA) is 71.1 Å². The average molecular weight is 322 g/mol. The number of carbonyl (C=O) groups excluding carboxylic acids is 2. The fraction of sp³-hybridized carbons (Fsp3) is 0.133. The van der Waals surface area contributed by atoms with Gasteiger partial charge in [-0.1, -0.05) is 17.7 Å². The second-order valence-corrected chi connectivity index (χ2v) is 4.84. The first-order chi connectivity index (χ1) is 10.6. The fourth-order valence-electron chi connectivity index (χ4n) is 1.70. The zero-order valence-electron chi connectivity index (χ0n) is 11.5. The number of hydrogen-bond acceptors (Lipinski definition) is 3. The van der Waals surface area contributed by atoms with E-state index in [0.717, 1.165) is 11.8 Å². The lowest BCUT2D eigenvalue weighted by Gasteiger charge is -2.07. The van der Waals surface area contributed by atoms with Crippen LogP contribution < -0.4 is 10.6 Å². The lowest BCUT2D eigenvalue weighted by Crippen LogP contribution is -2.36. The third-order valence-corrected chi connectivity index (χ3v) is 3.01. The molecule has 0 radical (unpaired) electrons. The Hall–Kier alpha value is -2.47. The summed E-state index contributed by atoms with van der Waals surface area (Å²) in [6.07, 6.45) is 2.14. The van der Waals surface area contributed by atoms with E-state index >= 15 is 0 Å². The molecule has 2 N–H and O–H groups in total. The predicted octanol–water partition coefficient (Wildman–Crippen LogP) is 2.17. The maximum atomic E-state index is 13.5. The number of pyridine rings is 1. The van der Waals surface area contributed by atoms with Crippen LogP contribution in [-0.4, -0.2) is 23.3 Å². The molecule has 114 valence electrons. The van der Waals surface area contributed by atoms with Crippen LogP contribution >= 0.6 is 11.6 Å². The quantitative estimate of drug-likeness (QED) is 0.848. The fourth-order valence-corrected chi connectivity index (χ4v) is 1.86. The SMILES string of the molecule is O=C(NCCc1ccccn1)C(=O)Nc1ccc(Cl)cc1F. The molecule has 0 fully saturated rings. The van der Waals surface area contributed by atoms with Crippen LogP contribution in [0.5, 0.6) is 0 Å². The average Bonchev–Trinajstić information content (AvgIpc) is 2.51. The van der Waals surface area contributed by atoms with Gasteiger partial charge in [-0.15, -0.1) is 0 Å². The molecular formula is C15H13ClFN3O2. The van der Waals surface area contributed by atoms with Gasteiger partial charge in [0.15, 0.2) is 0 Å². The summed E-state index contributed by atoms with van der Waals surface area (Å²) in [4.78, 5) is 27.4. The largest absolute Gasteiger partial charge is 0.347 e. The van der Waals surface area contributed by atoms with Crippen LogP contribution in [0.15, 0.2) is 42.6 Å². The number of nitrogens with zero attached hydrogens (tertiary/aromatic N) is 1. The van der Waals surface area contributed by atoms with Crippen LogP contribution in [0.3, 0.4) is 0 Å². The summed E-state index contributed by atoms with van der Waals surface area (Å²) < 4.78 is 13.5. The van der Waals surface area contributed by atoms with Gasteiger partial charge in [0.25, 0.3) is 0 Å². The molecule has 1 aromatic heterocycles. The molecule has 0 aliphatic rings. The number of anilines is 1.